The molecule has 1 aliphatic carbocycles. The lowest BCUT2D eigenvalue weighted by molar-refractivity contribution is 0.0283. The molecule has 2 rings (SSSR count). The summed E-state index contributed by atoms with van der Waals surface area (Å²) in [5.74, 6) is -0.293. The Bertz CT molecular complexity index is 290. The summed E-state index contributed by atoms with van der Waals surface area (Å²) in [6.45, 7) is 1.64. The molecule has 1 aromatic rings. The maximum absolute atomic E-state index is 13.0. The summed E-state index contributed by atoms with van der Waals surface area (Å²) in [6, 6.07) is 4.90. The second-order valence-corrected chi connectivity index (χ2v) is 3.22. The van der Waals surface area contributed by atoms with Crippen molar-refractivity contribution in [3.8, 4) is 0 Å². The number of hydrogen-bond acceptors (Lipinski definition) is 1. The fraction of sp³-hybridized carbons (Fsp3) is 0.333. The number of benzene rings is 1. The Hall–Kier alpha value is -0.890. The minimum Gasteiger partial charge on any atom is -0.385 e. The summed E-state index contributed by atoms with van der Waals surface area (Å²) in [5, 5.41) is 9.51. The van der Waals surface area contributed by atoms with Gasteiger partial charge < -0.3 is 5.11 Å². The van der Waals surface area contributed by atoms with E-state index in [1.165, 1.54) is 6.07 Å². The quantitative estimate of drug-likeness (QED) is 0.598. The van der Waals surface area contributed by atoms with Gasteiger partial charge in [-0.25, -0.2) is 4.39 Å². The zero-order chi connectivity index (χ0) is 8.06. The Labute approximate surface area is 64.5 Å². The van der Waals surface area contributed by atoms with Crippen molar-refractivity contribution in [2.45, 2.75) is 18.9 Å². The van der Waals surface area contributed by atoms with E-state index in [1.54, 1.807) is 13.0 Å². The van der Waals surface area contributed by atoms with Gasteiger partial charge in [0.1, 0.15) is 5.82 Å². The Morgan fingerprint density at radius 2 is 2.27 bits per heavy atom. The molecule has 0 heterocycles. The molecule has 11 heavy (non-hydrogen) atoms. The third-order valence-corrected chi connectivity index (χ3v) is 2.17. The van der Waals surface area contributed by atoms with Crippen LogP contribution in [0.5, 0.6) is 0 Å². The van der Waals surface area contributed by atoms with E-state index in [9.17, 15) is 9.50 Å². The zero-order valence-electron chi connectivity index (χ0n) is 6.26. The molecule has 0 aliphatic heterocycles. The summed E-state index contributed by atoms with van der Waals surface area (Å²) in [4.78, 5) is 0. The maximum atomic E-state index is 13.0. The Morgan fingerprint density at radius 3 is 2.73 bits per heavy atom. The van der Waals surface area contributed by atoms with Crippen molar-refractivity contribution in [3.63, 3.8) is 0 Å². The highest BCUT2D eigenvalue weighted by molar-refractivity contribution is 5.42. The highest BCUT2D eigenvalue weighted by atomic mass is 19.1. The van der Waals surface area contributed by atoms with Crippen molar-refractivity contribution in [3.05, 3.63) is 35.1 Å². The van der Waals surface area contributed by atoms with Crippen LogP contribution in [-0.4, -0.2) is 5.11 Å². The molecular formula is C9H9FO. The average Bonchev–Trinajstić information content (AvgIpc) is 1.84. The van der Waals surface area contributed by atoms with Gasteiger partial charge in [-0.05, 0) is 18.6 Å². The van der Waals surface area contributed by atoms with Gasteiger partial charge in [0.2, 0.25) is 0 Å². The second-order valence-electron chi connectivity index (χ2n) is 3.22. The van der Waals surface area contributed by atoms with Gasteiger partial charge in [0.15, 0.2) is 0 Å². The molecule has 0 fully saturated rings. The Kier molecular flexibility index (Phi) is 1.13. The van der Waals surface area contributed by atoms with Crippen LogP contribution in [0.4, 0.5) is 4.39 Å². The zero-order valence-corrected chi connectivity index (χ0v) is 6.26. The van der Waals surface area contributed by atoms with Gasteiger partial charge in [0, 0.05) is 12.0 Å². The molecule has 1 nitrogen and oxygen atoms in total. The summed E-state index contributed by atoms with van der Waals surface area (Å²) >= 11 is 0. The SMILES string of the molecule is C[C@]1(O)Cc2cccc(F)c21. The van der Waals surface area contributed by atoms with Crippen LogP contribution in [0, 0.1) is 5.82 Å². The highest BCUT2D eigenvalue weighted by Gasteiger charge is 2.38. The van der Waals surface area contributed by atoms with E-state index in [-0.39, 0.29) is 5.82 Å². The third-order valence-electron chi connectivity index (χ3n) is 2.17. The molecule has 0 amide bonds. The number of fused-ring (bicyclic) bond motifs is 1. The topological polar surface area (TPSA) is 20.2 Å². The second kappa shape index (κ2) is 1.83. The van der Waals surface area contributed by atoms with Gasteiger partial charge in [-0.1, -0.05) is 12.1 Å². The fourth-order valence-electron chi connectivity index (χ4n) is 1.67. The van der Waals surface area contributed by atoms with Crippen LogP contribution in [0.15, 0.2) is 18.2 Å². The third kappa shape index (κ3) is 0.792. The lowest BCUT2D eigenvalue weighted by Gasteiger charge is -2.36. The molecule has 0 spiro atoms. The van der Waals surface area contributed by atoms with Crippen molar-refractivity contribution < 1.29 is 9.50 Å². The molecular weight excluding hydrogens is 143 g/mol. The minimum atomic E-state index is -0.930. The molecule has 2 heteroatoms. The van der Waals surface area contributed by atoms with Gasteiger partial charge in [0.25, 0.3) is 0 Å². The first-order chi connectivity index (χ1) is 5.11. The van der Waals surface area contributed by atoms with E-state index in [0.717, 1.165) is 5.56 Å². The summed E-state index contributed by atoms with van der Waals surface area (Å²) < 4.78 is 13.0. The van der Waals surface area contributed by atoms with Crippen LogP contribution < -0.4 is 0 Å². The molecule has 0 radical (unpaired) electrons. The number of halogens is 1. The lowest BCUT2D eigenvalue weighted by Crippen LogP contribution is -2.36. The van der Waals surface area contributed by atoms with E-state index in [0.29, 0.717) is 12.0 Å². The van der Waals surface area contributed by atoms with Crippen LogP contribution in [-0.2, 0) is 12.0 Å². The van der Waals surface area contributed by atoms with Gasteiger partial charge in [-0.2, -0.15) is 0 Å². The number of hydrogen-bond donors (Lipinski definition) is 1. The van der Waals surface area contributed by atoms with Crippen molar-refractivity contribution in [2.75, 3.05) is 0 Å². The predicted octanol–water partition coefficient (Wildman–Crippen LogP) is 1.59. The van der Waals surface area contributed by atoms with Gasteiger partial charge in [0.05, 0.1) is 5.60 Å². The van der Waals surface area contributed by atoms with Crippen LogP contribution in [0.25, 0.3) is 0 Å². The highest BCUT2D eigenvalue weighted by Crippen LogP contribution is 2.39. The first-order valence-electron chi connectivity index (χ1n) is 3.61. The summed E-state index contributed by atoms with van der Waals surface area (Å²) in [5.41, 5.74) is 0.468. The van der Waals surface area contributed by atoms with Crippen molar-refractivity contribution >= 4 is 0 Å². The lowest BCUT2D eigenvalue weighted by atomic mass is 9.74. The van der Waals surface area contributed by atoms with Gasteiger partial charge >= 0.3 is 0 Å². The van der Waals surface area contributed by atoms with E-state index >= 15 is 0 Å². The molecule has 1 N–H and O–H groups in total. The van der Waals surface area contributed by atoms with Gasteiger partial charge in [-0.3, -0.25) is 0 Å². The molecule has 0 bridgehead atoms. The van der Waals surface area contributed by atoms with Crippen molar-refractivity contribution in [1.29, 1.82) is 0 Å². The first kappa shape index (κ1) is 6.80. The molecule has 0 aromatic heterocycles. The van der Waals surface area contributed by atoms with E-state index in [4.69, 9.17) is 0 Å². The minimum absolute atomic E-state index is 0.293. The number of aliphatic hydroxyl groups is 1. The monoisotopic (exact) mass is 152 g/mol. The smallest absolute Gasteiger partial charge is 0.129 e. The Balaban J connectivity index is 2.60. The molecule has 58 valence electrons. The van der Waals surface area contributed by atoms with E-state index in [2.05, 4.69) is 0 Å². The maximum Gasteiger partial charge on any atom is 0.129 e. The van der Waals surface area contributed by atoms with Crippen LogP contribution in [0.2, 0.25) is 0 Å². The molecule has 0 saturated heterocycles. The summed E-state index contributed by atoms with van der Waals surface area (Å²) in [7, 11) is 0. The largest absolute Gasteiger partial charge is 0.385 e. The molecule has 1 atom stereocenters. The van der Waals surface area contributed by atoms with Crippen LogP contribution in [0.1, 0.15) is 18.1 Å². The van der Waals surface area contributed by atoms with Crippen LogP contribution >= 0.6 is 0 Å². The van der Waals surface area contributed by atoms with Crippen molar-refractivity contribution in [1.82, 2.24) is 0 Å². The van der Waals surface area contributed by atoms with Crippen LogP contribution in [0.3, 0.4) is 0 Å². The van der Waals surface area contributed by atoms with E-state index in [1.807, 2.05) is 6.07 Å². The average molecular weight is 152 g/mol. The normalized spacial score (nSPS) is 27.5. The molecule has 0 unspecified atom stereocenters. The summed E-state index contributed by atoms with van der Waals surface area (Å²) in [6.07, 6.45) is 0.570. The fourth-order valence-corrected chi connectivity index (χ4v) is 1.67. The van der Waals surface area contributed by atoms with E-state index < -0.39 is 5.60 Å². The number of rotatable bonds is 0. The van der Waals surface area contributed by atoms with Gasteiger partial charge in [-0.15, -0.1) is 0 Å². The first-order valence-corrected chi connectivity index (χ1v) is 3.61. The molecule has 1 aliphatic rings. The van der Waals surface area contributed by atoms with Crippen molar-refractivity contribution in [2.24, 2.45) is 0 Å². The predicted molar refractivity (Wildman–Crippen MR) is 39.7 cm³/mol. The Morgan fingerprint density at radius 1 is 1.55 bits per heavy atom. The molecule has 1 aromatic carbocycles. The standard InChI is InChI=1S/C9H9FO/c1-9(11)5-6-3-2-4-7(10)8(6)9/h2-4,11H,5H2,1H3/t9-/m0/s1. The molecule has 0 saturated carbocycles.